The molecule has 5 nitrogen and oxygen atoms in total. The summed E-state index contributed by atoms with van der Waals surface area (Å²) in [5.41, 5.74) is 2.84. The molecule has 2 aromatic rings. The van der Waals surface area contributed by atoms with Crippen molar-refractivity contribution in [2.45, 2.75) is 19.3 Å². The minimum Gasteiger partial charge on any atom is -0.508 e. The number of phenolic OH excluding ortho intramolecular Hbond substituents is 1. The highest BCUT2D eigenvalue weighted by Gasteiger charge is 2.26. The maximum absolute atomic E-state index is 11.0. The Hall–Kier alpha value is -2.30. The molecule has 0 spiro atoms. The van der Waals surface area contributed by atoms with Gasteiger partial charge in [0.15, 0.2) is 0 Å². The molecule has 98 valence electrons. The van der Waals surface area contributed by atoms with Crippen LogP contribution in [0.15, 0.2) is 30.5 Å². The first-order valence-electron chi connectivity index (χ1n) is 6.23. The number of hydrogen-bond acceptors (Lipinski definition) is 3. The van der Waals surface area contributed by atoms with Crippen molar-refractivity contribution in [3.8, 4) is 11.4 Å². The molecule has 1 aromatic heterocycles. The van der Waals surface area contributed by atoms with Crippen molar-refractivity contribution in [2.75, 3.05) is 0 Å². The van der Waals surface area contributed by atoms with Gasteiger partial charge >= 0.3 is 5.97 Å². The molecule has 1 atom stereocenters. The zero-order valence-corrected chi connectivity index (χ0v) is 10.3. The number of benzene rings is 1. The number of aromatic hydroxyl groups is 1. The van der Waals surface area contributed by atoms with Crippen LogP contribution in [0.25, 0.3) is 5.69 Å². The molecule has 2 N–H and O–H groups in total. The number of rotatable bonds is 2. The van der Waals surface area contributed by atoms with E-state index in [0.29, 0.717) is 19.3 Å². The van der Waals surface area contributed by atoms with Crippen molar-refractivity contribution in [3.63, 3.8) is 0 Å². The number of carboxylic acid groups (broad SMARTS) is 1. The molecule has 0 radical (unpaired) electrons. The lowest BCUT2D eigenvalue weighted by Gasteiger charge is -2.16. The first-order valence-corrected chi connectivity index (χ1v) is 6.23. The molecule has 1 unspecified atom stereocenters. The molecule has 1 aliphatic rings. The molecule has 0 saturated carbocycles. The Balaban J connectivity index is 1.91. The quantitative estimate of drug-likeness (QED) is 0.860. The lowest BCUT2D eigenvalue weighted by atomic mass is 9.88. The average Bonchev–Trinajstić information content (AvgIpc) is 2.82. The molecule has 0 amide bonds. The third-order valence-corrected chi connectivity index (χ3v) is 3.54. The van der Waals surface area contributed by atoms with Crippen LogP contribution in [0, 0.1) is 5.92 Å². The second kappa shape index (κ2) is 4.42. The Bertz CT molecular complexity index is 616. The summed E-state index contributed by atoms with van der Waals surface area (Å²) < 4.78 is 1.74. The van der Waals surface area contributed by atoms with Crippen LogP contribution in [-0.4, -0.2) is 26.0 Å². The maximum atomic E-state index is 11.0. The van der Waals surface area contributed by atoms with E-state index < -0.39 is 5.97 Å². The molecular weight excluding hydrogens is 244 g/mol. The Morgan fingerprint density at radius 1 is 1.32 bits per heavy atom. The fourth-order valence-electron chi connectivity index (χ4n) is 2.45. The molecule has 0 saturated heterocycles. The van der Waals surface area contributed by atoms with E-state index in [9.17, 15) is 9.90 Å². The Morgan fingerprint density at radius 2 is 2.05 bits per heavy atom. The van der Waals surface area contributed by atoms with Crippen molar-refractivity contribution in [3.05, 3.63) is 41.7 Å². The van der Waals surface area contributed by atoms with Crippen LogP contribution in [0.1, 0.15) is 17.7 Å². The Kier molecular flexibility index (Phi) is 2.74. The molecule has 1 aliphatic carbocycles. The van der Waals surface area contributed by atoms with Gasteiger partial charge in [-0.3, -0.25) is 4.79 Å². The van der Waals surface area contributed by atoms with Crippen LogP contribution in [0.5, 0.6) is 5.75 Å². The third-order valence-electron chi connectivity index (χ3n) is 3.54. The molecule has 0 fully saturated rings. The van der Waals surface area contributed by atoms with Crippen molar-refractivity contribution in [1.82, 2.24) is 9.78 Å². The van der Waals surface area contributed by atoms with E-state index in [0.717, 1.165) is 16.9 Å². The summed E-state index contributed by atoms with van der Waals surface area (Å²) in [4.78, 5) is 11.0. The molecule has 1 heterocycles. The molecule has 5 heteroatoms. The van der Waals surface area contributed by atoms with Crippen LogP contribution in [0.2, 0.25) is 0 Å². The number of phenols is 1. The lowest BCUT2D eigenvalue weighted by Crippen LogP contribution is -2.21. The van der Waals surface area contributed by atoms with Gasteiger partial charge in [-0.1, -0.05) is 0 Å². The smallest absolute Gasteiger partial charge is 0.306 e. The second-order valence-electron chi connectivity index (χ2n) is 4.84. The first-order chi connectivity index (χ1) is 9.13. The Labute approximate surface area is 110 Å². The predicted molar refractivity (Wildman–Crippen MR) is 68.4 cm³/mol. The van der Waals surface area contributed by atoms with Gasteiger partial charge in [0, 0.05) is 6.20 Å². The predicted octanol–water partition coefficient (Wildman–Crippen LogP) is 1.77. The van der Waals surface area contributed by atoms with Gasteiger partial charge in [-0.25, -0.2) is 4.68 Å². The zero-order chi connectivity index (χ0) is 13.4. The highest BCUT2D eigenvalue weighted by Crippen LogP contribution is 2.26. The number of aryl methyl sites for hydroxylation is 1. The standard InChI is InChI=1S/C14H14N2O3/c17-12-4-2-11(3-5-12)16-8-10-7-9(14(18)19)1-6-13(10)15-16/h2-5,8-9,17H,1,6-7H2,(H,18,19). The van der Waals surface area contributed by atoms with Gasteiger partial charge in [-0.15, -0.1) is 0 Å². The van der Waals surface area contributed by atoms with E-state index in [4.69, 9.17) is 5.11 Å². The van der Waals surface area contributed by atoms with Gasteiger partial charge < -0.3 is 10.2 Å². The third kappa shape index (κ3) is 2.19. The van der Waals surface area contributed by atoms with Gasteiger partial charge in [0.25, 0.3) is 0 Å². The molecule has 0 aliphatic heterocycles. The summed E-state index contributed by atoms with van der Waals surface area (Å²) in [5.74, 6) is -0.820. The normalized spacial score (nSPS) is 18.0. The minimum absolute atomic E-state index is 0.214. The summed E-state index contributed by atoms with van der Waals surface area (Å²) in [6.45, 7) is 0. The number of hydrogen-bond donors (Lipinski definition) is 2. The van der Waals surface area contributed by atoms with E-state index in [1.54, 1.807) is 28.9 Å². The number of aliphatic carboxylic acids is 1. The number of carboxylic acids is 1. The summed E-state index contributed by atoms with van der Waals surface area (Å²) in [6.07, 6.45) is 3.78. The van der Waals surface area contributed by atoms with Gasteiger partial charge in [0.1, 0.15) is 5.75 Å². The zero-order valence-electron chi connectivity index (χ0n) is 10.3. The van der Waals surface area contributed by atoms with Crippen molar-refractivity contribution >= 4 is 5.97 Å². The van der Waals surface area contributed by atoms with Crippen molar-refractivity contribution in [1.29, 1.82) is 0 Å². The van der Waals surface area contributed by atoms with Gasteiger partial charge in [-0.05, 0) is 49.1 Å². The largest absolute Gasteiger partial charge is 0.508 e. The van der Waals surface area contributed by atoms with E-state index in [2.05, 4.69) is 5.10 Å². The number of aromatic nitrogens is 2. The topological polar surface area (TPSA) is 75.3 Å². The van der Waals surface area contributed by atoms with Gasteiger partial charge in [0.2, 0.25) is 0 Å². The fourth-order valence-corrected chi connectivity index (χ4v) is 2.45. The van der Waals surface area contributed by atoms with E-state index in [-0.39, 0.29) is 11.7 Å². The van der Waals surface area contributed by atoms with Crippen LogP contribution >= 0.6 is 0 Å². The van der Waals surface area contributed by atoms with Gasteiger partial charge in [0.05, 0.1) is 17.3 Å². The average molecular weight is 258 g/mol. The van der Waals surface area contributed by atoms with E-state index in [1.165, 1.54) is 0 Å². The summed E-state index contributed by atoms with van der Waals surface area (Å²) in [5, 5.41) is 22.8. The SMILES string of the molecule is O=C(O)C1CCc2nn(-c3ccc(O)cc3)cc2C1. The number of fused-ring (bicyclic) bond motifs is 1. The summed E-state index contributed by atoms with van der Waals surface area (Å²) in [6, 6.07) is 6.77. The highest BCUT2D eigenvalue weighted by molar-refractivity contribution is 5.70. The Morgan fingerprint density at radius 3 is 2.74 bits per heavy atom. The molecule has 3 rings (SSSR count). The highest BCUT2D eigenvalue weighted by atomic mass is 16.4. The molecule has 0 bridgehead atoms. The van der Waals surface area contributed by atoms with Crippen LogP contribution in [0.3, 0.4) is 0 Å². The van der Waals surface area contributed by atoms with Crippen LogP contribution in [0.4, 0.5) is 0 Å². The maximum Gasteiger partial charge on any atom is 0.306 e. The molecule has 1 aromatic carbocycles. The monoisotopic (exact) mass is 258 g/mol. The van der Waals surface area contributed by atoms with E-state index in [1.807, 2.05) is 6.20 Å². The lowest BCUT2D eigenvalue weighted by molar-refractivity contribution is -0.142. The van der Waals surface area contributed by atoms with E-state index >= 15 is 0 Å². The summed E-state index contributed by atoms with van der Waals surface area (Å²) >= 11 is 0. The molecular formula is C14H14N2O3. The summed E-state index contributed by atoms with van der Waals surface area (Å²) in [7, 11) is 0. The minimum atomic E-state index is -0.733. The van der Waals surface area contributed by atoms with Crippen molar-refractivity contribution in [2.24, 2.45) is 5.92 Å². The number of nitrogens with zero attached hydrogens (tertiary/aromatic N) is 2. The van der Waals surface area contributed by atoms with Gasteiger partial charge in [-0.2, -0.15) is 5.10 Å². The fraction of sp³-hybridized carbons (Fsp3) is 0.286. The van der Waals surface area contributed by atoms with Crippen LogP contribution < -0.4 is 0 Å². The first kappa shape index (κ1) is 11.8. The van der Waals surface area contributed by atoms with Crippen molar-refractivity contribution < 1.29 is 15.0 Å². The second-order valence-corrected chi connectivity index (χ2v) is 4.84. The number of carbonyl (C=O) groups is 1. The van der Waals surface area contributed by atoms with Crippen LogP contribution in [-0.2, 0) is 17.6 Å². The molecule has 19 heavy (non-hydrogen) atoms.